The van der Waals surface area contributed by atoms with Crippen molar-refractivity contribution < 1.29 is 38.5 Å². The Kier molecular flexibility index (Phi) is 12.9. The Morgan fingerprint density at radius 2 is 1.75 bits per heavy atom. The number of anilines is 1. The van der Waals surface area contributed by atoms with Crippen molar-refractivity contribution in [3.63, 3.8) is 0 Å². The molecule has 3 amide bonds. The zero-order valence-electron chi connectivity index (χ0n) is 30.9. The lowest BCUT2D eigenvalue weighted by Gasteiger charge is -2.39. The zero-order chi connectivity index (χ0) is 39.1. The van der Waals surface area contributed by atoms with E-state index in [0.717, 1.165) is 5.56 Å². The zero-order valence-corrected chi connectivity index (χ0v) is 31.7. The van der Waals surface area contributed by atoms with Gasteiger partial charge in [0, 0.05) is 20.1 Å². The van der Waals surface area contributed by atoms with Crippen molar-refractivity contribution in [2.45, 2.75) is 68.0 Å². The molecule has 3 aromatic rings. The van der Waals surface area contributed by atoms with E-state index < -0.39 is 72.2 Å². The maximum atomic E-state index is 15.1. The van der Waals surface area contributed by atoms with Gasteiger partial charge in [-0.1, -0.05) is 96.5 Å². The Bertz CT molecular complexity index is 1860. The van der Waals surface area contributed by atoms with Crippen LogP contribution >= 0.6 is 11.6 Å². The molecule has 55 heavy (non-hydrogen) atoms. The van der Waals surface area contributed by atoms with Crippen LogP contribution in [0.3, 0.4) is 0 Å². The number of rotatable bonds is 18. The number of benzene rings is 3. The van der Waals surface area contributed by atoms with Crippen molar-refractivity contribution >= 4 is 41.0 Å². The molecule has 3 heterocycles. The number of nitrogens with one attached hydrogen (secondary N) is 1. The van der Waals surface area contributed by atoms with Crippen LogP contribution in [0, 0.1) is 11.8 Å². The predicted molar refractivity (Wildman–Crippen MR) is 208 cm³/mol. The summed E-state index contributed by atoms with van der Waals surface area (Å²) in [5.74, 6) is -4.05. The van der Waals surface area contributed by atoms with Gasteiger partial charge in [0.15, 0.2) is 0 Å². The lowest BCUT2D eigenvalue weighted by atomic mass is 9.70. The van der Waals surface area contributed by atoms with Crippen LogP contribution in [0.4, 0.5) is 5.69 Å². The first-order valence-electron chi connectivity index (χ1n) is 18.6. The van der Waals surface area contributed by atoms with Crippen LogP contribution in [0.2, 0.25) is 5.02 Å². The fourth-order valence-electron chi connectivity index (χ4n) is 8.55. The van der Waals surface area contributed by atoms with Crippen molar-refractivity contribution in [2.24, 2.45) is 11.8 Å². The summed E-state index contributed by atoms with van der Waals surface area (Å²) in [7, 11) is 1.49. The summed E-state index contributed by atoms with van der Waals surface area (Å²) in [4.78, 5) is 60.7. The largest absolute Gasteiger partial charge is 0.455 e. The Morgan fingerprint density at radius 1 is 1.05 bits per heavy atom. The second kappa shape index (κ2) is 17.8. The molecule has 0 aromatic heterocycles. The molecule has 290 valence electrons. The molecule has 3 fully saturated rings. The van der Waals surface area contributed by atoms with E-state index in [1.807, 2.05) is 36.4 Å². The Hall–Kier alpha value is -4.81. The van der Waals surface area contributed by atoms with Gasteiger partial charge in [-0.05, 0) is 48.9 Å². The van der Waals surface area contributed by atoms with Crippen LogP contribution in [-0.4, -0.2) is 90.4 Å². The first-order valence-corrected chi connectivity index (χ1v) is 19.0. The third-order valence-electron chi connectivity index (χ3n) is 10.9. The number of esters is 1. The number of likely N-dealkylation sites (tertiary alicyclic amines) is 1. The van der Waals surface area contributed by atoms with E-state index >= 15 is 9.59 Å². The fraction of sp³-hybridized carbons (Fsp3) is 0.395. The molecule has 6 rings (SSSR count). The highest BCUT2D eigenvalue weighted by atomic mass is 35.5. The van der Waals surface area contributed by atoms with Crippen LogP contribution in [0.25, 0.3) is 0 Å². The number of nitrogens with zero attached hydrogens (tertiary/aromatic N) is 2. The first-order chi connectivity index (χ1) is 26.7. The van der Waals surface area contributed by atoms with Crippen LogP contribution in [-0.2, 0) is 39.8 Å². The number of aliphatic hydroxyl groups is 1. The lowest BCUT2D eigenvalue weighted by Crippen LogP contribution is -2.59. The summed E-state index contributed by atoms with van der Waals surface area (Å²) in [6, 6.07) is 22.6. The molecule has 0 unspecified atom stereocenters. The normalized spacial score (nSPS) is 24.1. The number of carbonyl (C=O) groups is 4. The van der Waals surface area contributed by atoms with Crippen molar-refractivity contribution in [1.82, 2.24) is 10.2 Å². The van der Waals surface area contributed by atoms with Crippen LogP contribution in [0.5, 0.6) is 0 Å². The van der Waals surface area contributed by atoms with Crippen LogP contribution in [0.15, 0.2) is 110 Å². The van der Waals surface area contributed by atoms with Gasteiger partial charge in [-0.25, -0.2) is 0 Å². The van der Waals surface area contributed by atoms with Gasteiger partial charge in [0.05, 0.1) is 53.9 Å². The maximum Gasteiger partial charge on any atom is 0.313 e. The lowest BCUT2D eigenvalue weighted by molar-refractivity contribution is -0.163. The third-order valence-corrected chi connectivity index (χ3v) is 11.2. The monoisotopic (exact) mass is 769 g/mol. The number of fused-ring (bicyclic) bond motifs is 1. The predicted octanol–water partition coefficient (Wildman–Crippen LogP) is 5.22. The average molecular weight is 770 g/mol. The molecule has 2 N–H and O–H groups in total. The molecule has 0 saturated carbocycles. The van der Waals surface area contributed by atoms with Crippen LogP contribution in [0.1, 0.15) is 42.9 Å². The van der Waals surface area contributed by atoms with Gasteiger partial charge in [-0.2, -0.15) is 0 Å². The standard InChI is InChI=1S/C43H48ClN3O8/c1-4-6-21-35(49)45-32(27-53-3)38(29-17-11-8-12-18-29)54-42(52)36-34-22-23-43(55-34)37(36)40(50)47(30(26-48)25-28-15-9-7-10-16-28)39(43)41(51)46(24-5-2)33-20-14-13-19-31(33)44/h4-5,7-20,30,32,34,36-39,48H,1-2,6,21-27H2,3H3,(H,45,49)/t30-,32-,34-,36+,37+,38-,39-,43+/m1/s1. The number of para-hydroxylation sites is 1. The number of hydrogen-bond donors (Lipinski definition) is 2. The number of carbonyl (C=O) groups excluding carboxylic acids is 4. The molecule has 3 saturated heterocycles. The quantitative estimate of drug-likeness (QED) is 0.133. The smallest absolute Gasteiger partial charge is 0.313 e. The number of allylic oxidation sites excluding steroid dienone is 1. The van der Waals surface area contributed by atoms with Gasteiger partial charge in [0.1, 0.15) is 17.7 Å². The number of amides is 3. The molecule has 8 atom stereocenters. The molecule has 3 aliphatic rings. The van der Waals surface area contributed by atoms with Gasteiger partial charge in [-0.3, -0.25) is 19.2 Å². The minimum Gasteiger partial charge on any atom is -0.455 e. The molecular weight excluding hydrogens is 722 g/mol. The van der Waals surface area contributed by atoms with E-state index in [1.165, 1.54) is 16.9 Å². The van der Waals surface area contributed by atoms with Gasteiger partial charge in [0.2, 0.25) is 11.8 Å². The highest BCUT2D eigenvalue weighted by molar-refractivity contribution is 6.34. The number of aliphatic hydroxyl groups excluding tert-OH is 1. The van der Waals surface area contributed by atoms with E-state index in [2.05, 4.69) is 18.5 Å². The summed E-state index contributed by atoms with van der Waals surface area (Å²) in [6.07, 6.45) is 3.16. The van der Waals surface area contributed by atoms with E-state index in [9.17, 15) is 14.7 Å². The summed E-state index contributed by atoms with van der Waals surface area (Å²) >= 11 is 6.64. The SMILES string of the molecule is C=CCCC(=O)N[C@H](COC)[C@H](OC(=O)[C@@H]1[C@H]2C(=O)N([C@@H](CO)Cc3ccccc3)[C@H](C(=O)N(CC=C)c3ccccc3Cl)[C@]23CC[C@H]1O3)c1ccccc1. The Labute approximate surface area is 326 Å². The highest BCUT2D eigenvalue weighted by Gasteiger charge is 2.76. The summed E-state index contributed by atoms with van der Waals surface area (Å²) in [6.45, 7) is 7.24. The van der Waals surface area contributed by atoms with Crippen LogP contribution < -0.4 is 10.2 Å². The van der Waals surface area contributed by atoms with E-state index in [0.29, 0.717) is 35.5 Å². The topological polar surface area (TPSA) is 135 Å². The van der Waals surface area contributed by atoms with Gasteiger partial charge < -0.3 is 34.4 Å². The molecule has 1 spiro atoms. The van der Waals surface area contributed by atoms with Crippen molar-refractivity contribution in [3.8, 4) is 0 Å². The van der Waals surface area contributed by atoms with Crippen molar-refractivity contribution in [1.29, 1.82) is 0 Å². The third kappa shape index (κ3) is 7.98. The summed E-state index contributed by atoms with van der Waals surface area (Å²) < 4.78 is 18.6. The molecule has 0 radical (unpaired) electrons. The molecule has 12 heteroatoms. The van der Waals surface area contributed by atoms with Gasteiger partial charge in [-0.15, -0.1) is 13.2 Å². The van der Waals surface area contributed by atoms with Crippen molar-refractivity contribution in [3.05, 3.63) is 126 Å². The maximum absolute atomic E-state index is 15.1. The van der Waals surface area contributed by atoms with E-state index in [1.54, 1.807) is 60.7 Å². The number of methoxy groups -OCH3 is 1. The minimum absolute atomic E-state index is 0.0345. The average Bonchev–Trinajstić information content (AvgIpc) is 3.85. The fourth-order valence-corrected chi connectivity index (χ4v) is 8.79. The molecule has 2 bridgehead atoms. The highest BCUT2D eigenvalue weighted by Crippen LogP contribution is 2.59. The van der Waals surface area contributed by atoms with Gasteiger partial charge >= 0.3 is 5.97 Å². The molecule has 0 aliphatic carbocycles. The minimum atomic E-state index is -1.40. The second-order valence-corrected chi connectivity index (χ2v) is 14.6. The van der Waals surface area contributed by atoms with Crippen molar-refractivity contribution in [2.75, 3.05) is 31.8 Å². The molecule has 3 aliphatic heterocycles. The van der Waals surface area contributed by atoms with E-state index in [-0.39, 0.29) is 31.9 Å². The first kappa shape index (κ1) is 39.9. The number of halogens is 1. The molecule has 3 aromatic carbocycles. The molecular formula is C43H48ClN3O8. The van der Waals surface area contributed by atoms with Gasteiger partial charge in [0.25, 0.3) is 5.91 Å². The Morgan fingerprint density at radius 3 is 2.40 bits per heavy atom. The summed E-state index contributed by atoms with van der Waals surface area (Å²) in [5, 5.41) is 14.2. The van der Waals surface area contributed by atoms with E-state index in [4.69, 9.17) is 25.8 Å². The summed E-state index contributed by atoms with van der Waals surface area (Å²) in [5.41, 5.74) is 0.505. The number of ether oxygens (including phenoxy) is 3. The molecule has 11 nitrogen and oxygen atoms in total. The Balaban J connectivity index is 1.39. The number of hydrogen-bond acceptors (Lipinski definition) is 8. The second-order valence-electron chi connectivity index (χ2n) is 14.2.